The summed E-state index contributed by atoms with van der Waals surface area (Å²) in [6.07, 6.45) is 0. The van der Waals surface area contributed by atoms with E-state index in [9.17, 15) is 19.7 Å². The second-order valence-electron chi connectivity index (χ2n) is 4.92. The average molecular weight is 336 g/mol. The van der Waals surface area contributed by atoms with Crippen molar-refractivity contribution in [3.63, 3.8) is 0 Å². The standard InChI is InChI=1S/C15H16N2O7/c1-9-5-4-6-11(17(20)21)12(9)16-8-24-7-10(14(18)22-2)13(16)15(19)23-3/h4-6H,7-8H2,1-3H3. The number of carbonyl (C=O) groups excluding carboxylic acids is 2. The van der Waals surface area contributed by atoms with Crippen molar-refractivity contribution in [3.05, 3.63) is 45.1 Å². The van der Waals surface area contributed by atoms with Crippen LogP contribution in [-0.2, 0) is 23.8 Å². The van der Waals surface area contributed by atoms with Crippen molar-refractivity contribution in [2.24, 2.45) is 0 Å². The zero-order valence-corrected chi connectivity index (χ0v) is 13.4. The molecule has 24 heavy (non-hydrogen) atoms. The minimum absolute atomic E-state index is 0.0619. The molecule has 0 radical (unpaired) electrons. The average Bonchev–Trinajstić information content (AvgIpc) is 2.59. The smallest absolute Gasteiger partial charge is 0.355 e. The molecule has 1 aliphatic heterocycles. The lowest BCUT2D eigenvalue weighted by molar-refractivity contribution is -0.384. The molecule has 1 heterocycles. The second kappa shape index (κ2) is 7.09. The monoisotopic (exact) mass is 336 g/mol. The van der Waals surface area contributed by atoms with Gasteiger partial charge in [-0.15, -0.1) is 0 Å². The van der Waals surface area contributed by atoms with E-state index in [1.807, 2.05) is 0 Å². The zero-order valence-electron chi connectivity index (χ0n) is 13.4. The van der Waals surface area contributed by atoms with E-state index in [1.165, 1.54) is 24.1 Å². The summed E-state index contributed by atoms with van der Waals surface area (Å²) in [7, 11) is 2.32. The van der Waals surface area contributed by atoms with E-state index in [4.69, 9.17) is 9.47 Å². The third-order valence-electron chi connectivity index (χ3n) is 3.52. The van der Waals surface area contributed by atoms with Crippen LogP contribution in [0.3, 0.4) is 0 Å². The Bertz CT molecular complexity index is 727. The number of aryl methyl sites for hydroxylation is 1. The first kappa shape index (κ1) is 17.4. The van der Waals surface area contributed by atoms with E-state index in [-0.39, 0.29) is 36.0 Å². The van der Waals surface area contributed by atoms with Gasteiger partial charge in [-0.25, -0.2) is 9.59 Å². The Balaban J connectivity index is 2.71. The van der Waals surface area contributed by atoms with Crippen molar-refractivity contribution in [1.82, 2.24) is 0 Å². The Labute approximate surface area is 137 Å². The van der Waals surface area contributed by atoms with Crippen molar-refractivity contribution in [2.45, 2.75) is 6.92 Å². The van der Waals surface area contributed by atoms with Crippen LogP contribution in [0.15, 0.2) is 29.5 Å². The van der Waals surface area contributed by atoms with E-state index < -0.39 is 16.9 Å². The molecule has 2 rings (SSSR count). The fraction of sp³-hybridized carbons (Fsp3) is 0.333. The zero-order chi connectivity index (χ0) is 17.9. The SMILES string of the molecule is COC(=O)C1=C(C(=O)OC)N(c2c(C)cccc2[N+](=O)[O-])COC1. The highest BCUT2D eigenvalue weighted by Crippen LogP contribution is 2.36. The van der Waals surface area contributed by atoms with Gasteiger partial charge in [0.2, 0.25) is 0 Å². The van der Waals surface area contributed by atoms with Gasteiger partial charge < -0.3 is 19.1 Å². The predicted molar refractivity (Wildman–Crippen MR) is 82.2 cm³/mol. The Morgan fingerprint density at radius 3 is 2.50 bits per heavy atom. The summed E-state index contributed by atoms with van der Waals surface area (Å²) < 4.78 is 14.7. The molecule has 0 amide bonds. The van der Waals surface area contributed by atoms with Crippen LogP contribution in [0.1, 0.15) is 5.56 Å². The fourth-order valence-electron chi connectivity index (χ4n) is 2.46. The van der Waals surface area contributed by atoms with Crippen LogP contribution in [0.5, 0.6) is 0 Å². The second-order valence-corrected chi connectivity index (χ2v) is 4.92. The summed E-state index contributed by atoms with van der Waals surface area (Å²) in [5.74, 6) is -1.58. The summed E-state index contributed by atoms with van der Waals surface area (Å²) in [6, 6.07) is 4.50. The summed E-state index contributed by atoms with van der Waals surface area (Å²) in [6.45, 7) is 1.35. The lowest BCUT2D eigenvalue weighted by Crippen LogP contribution is -2.39. The molecule has 0 saturated carbocycles. The molecule has 9 heteroatoms. The van der Waals surface area contributed by atoms with E-state index in [0.29, 0.717) is 5.56 Å². The lowest BCUT2D eigenvalue weighted by Gasteiger charge is -2.31. The number of para-hydroxylation sites is 1. The van der Waals surface area contributed by atoms with Gasteiger partial charge in [-0.2, -0.15) is 0 Å². The van der Waals surface area contributed by atoms with Crippen LogP contribution in [0.25, 0.3) is 0 Å². The number of nitrogens with zero attached hydrogens (tertiary/aromatic N) is 2. The Kier molecular flexibility index (Phi) is 5.14. The molecule has 1 aliphatic rings. The largest absolute Gasteiger partial charge is 0.466 e. The van der Waals surface area contributed by atoms with Crippen molar-refractivity contribution >= 4 is 23.3 Å². The summed E-state index contributed by atoms with van der Waals surface area (Å²) >= 11 is 0. The maximum Gasteiger partial charge on any atom is 0.355 e. The van der Waals surface area contributed by atoms with Gasteiger partial charge in [-0.3, -0.25) is 10.1 Å². The van der Waals surface area contributed by atoms with E-state index in [2.05, 4.69) is 4.74 Å². The van der Waals surface area contributed by atoms with E-state index in [1.54, 1.807) is 13.0 Å². The Morgan fingerprint density at radius 2 is 1.92 bits per heavy atom. The van der Waals surface area contributed by atoms with Gasteiger partial charge >= 0.3 is 11.9 Å². The summed E-state index contributed by atoms with van der Waals surface area (Å²) in [5, 5.41) is 11.3. The molecule has 128 valence electrons. The van der Waals surface area contributed by atoms with Crippen molar-refractivity contribution in [2.75, 3.05) is 32.5 Å². The molecule has 0 aromatic heterocycles. The number of nitro groups is 1. The number of carbonyl (C=O) groups is 2. The Hall–Kier alpha value is -2.94. The fourth-order valence-corrected chi connectivity index (χ4v) is 2.46. The van der Waals surface area contributed by atoms with Gasteiger partial charge in [0, 0.05) is 6.07 Å². The van der Waals surface area contributed by atoms with Crippen LogP contribution in [-0.4, -0.2) is 44.4 Å². The topological polar surface area (TPSA) is 108 Å². The number of rotatable bonds is 4. The molecule has 0 bridgehead atoms. The number of nitro benzene ring substituents is 1. The van der Waals surface area contributed by atoms with Gasteiger partial charge in [0.1, 0.15) is 18.1 Å². The van der Waals surface area contributed by atoms with Gasteiger partial charge in [0.05, 0.1) is 31.3 Å². The van der Waals surface area contributed by atoms with Gasteiger partial charge in [-0.05, 0) is 12.5 Å². The molecule has 0 aliphatic carbocycles. The highest BCUT2D eigenvalue weighted by molar-refractivity contribution is 6.04. The minimum atomic E-state index is -0.809. The molecule has 0 unspecified atom stereocenters. The van der Waals surface area contributed by atoms with Crippen molar-refractivity contribution in [1.29, 1.82) is 0 Å². The Morgan fingerprint density at radius 1 is 1.25 bits per heavy atom. The number of hydrogen-bond acceptors (Lipinski definition) is 8. The van der Waals surface area contributed by atoms with Gasteiger partial charge in [0.25, 0.3) is 5.69 Å². The van der Waals surface area contributed by atoms with Gasteiger partial charge in [-0.1, -0.05) is 12.1 Å². The van der Waals surface area contributed by atoms with Crippen LogP contribution in [0.2, 0.25) is 0 Å². The molecule has 0 spiro atoms. The number of anilines is 1. The van der Waals surface area contributed by atoms with E-state index in [0.717, 1.165) is 7.11 Å². The third-order valence-corrected chi connectivity index (χ3v) is 3.52. The number of benzene rings is 1. The molecule has 1 aromatic rings. The molecule has 0 saturated heterocycles. The van der Waals surface area contributed by atoms with E-state index >= 15 is 0 Å². The number of methoxy groups -OCH3 is 2. The quantitative estimate of drug-likeness (QED) is 0.460. The first-order valence-electron chi connectivity index (χ1n) is 6.91. The van der Waals surface area contributed by atoms with Crippen LogP contribution in [0.4, 0.5) is 11.4 Å². The molecule has 0 N–H and O–H groups in total. The highest BCUT2D eigenvalue weighted by atomic mass is 16.6. The van der Waals surface area contributed by atoms with Crippen molar-refractivity contribution in [3.8, 4) is 0 Å². The molecule has 0 fully saturated rings. The maximum atomic E-state index is 12.2. The van der Waals surface area contributed by atoms with Crippen molar-refractivity contribution < 1.29 is 28.7 Å². The lowest BCUT2D eigenvalue weighted by atomic mass is 10.1. The first-order chi connectivity index (χ1) is 11.4. The predicted octanol–water partition coefficient (Wildman–Crippen LogP) is 1.30. The molecule has 1 aromatic carbocycles. The maximum absolute atomic E-state index is 12.2. The van der Waals surface area contributed by atoms with Crippen LogP contribution in [0, 0.1) is 17.0 Å². The number of esters is 2. The van der Waals surface area contributed by atoms with Gasteiger partial charge in [0.15, 0.2) is 0 Å². The molecular weight excluding hydrogens is 320 g/mol. The molecule has 0 atom stereocenters. The molecule has 9 nitrogen and oxygen atoms in total. The molecular formula is C15H16N2O7. The highest BCUT2D eigenvalue weighted by Gasteiger charge is 2.35. The normalized spacial score (nSPS) is 14.4. The first-order valence-corrected chi connectivity index (χ1v) is 6.91. The summed E-state index contributed by atoms with van der Waals surface area (Å²) in [4.78, 5) is 36.2. The van der Waals surface area contributed by atoms with Crippen LogP contribution >= 0.6 is 0 Å². The third kappa shape index (κ3) is 3.06. The summed E-state index contributed by atoms with van der Waals surface area (Å²) in [5.41, 5.74) is 0.289. The van der Waals surface area contributed by atoms with Crippen LogP contribution < -0.4 is 4.90 Å². The number of ether oxygens (including phenoxy) is 3. The number of hydrogen-bond donors (Lipinski definition) is 0. The minimum Gasteiger partial charge on any atom is -0.466 e.